The molecule has 0 bridgehead atoms. The van der Waals surface area contributed by atoms with Crippen molar-refractivity contribution >= 4 is 5.91 Å². The van der Waals surface area contributed by atoms with Crippen LogP contribution in [0.1, 0.15) is 28.4 Å². The molecule has 1 atom stereocenters. The molecule has 0 unspecified atom stereocenters. The van der Waals surface area contributed by atoms with E-state index in [1.54, 1.807) is 6.92 Å². The molecule has 1 amide bonds. The van der Waals surface area contributed by atoms with Crippen LogP contribution in [0.4, 0.5) is 0 Å². The number of hydrogen-bond donors (Lipinski definition) is 2. The molecule has 104 valence electrons. The summed E-state index contributed by atoms with van der Waals surface area (Å²) in [5.74, 6) is -0.141. The van der Waals surface area contributed by atoms with Crippen molar-refractivity contribution in [2.75, 3.05) is 6.54 Å². The van der Waals surface area contributed by atoms with E-state index in [4.69, 9.17) is 0 Å². The van der Waals surface area contributed by atoms with Gasteiger partial charge in [-0.15, -0.1) is 0 Å². The highest BCUT2D eigenvalue weighted by atomic mass is 16.3. The Kier molecular flexibility index (Phi) is 4.91. The summed E-state index contributed by atoms with van der Waals surface area (Å²) >= 11 is 0. The lowest BCUT2D eigenvalue weighted by atomic mass is 9.99. The molecule has 0 radical (unpaired) electrons. The molecule has 0 saturated heterocycles. The van der Waals surface area contributed by atoms with Crippen molar-refractivity contribution in [3.8, 4) is 0 Å². The Morgan fingerprint density at radius 1 is 1.10 bits per heavy atom. The molecule has 3 nitrogen and oxygen atoms in total. The van der Waals surface area contributed by atoms with E-state index in [1.807, 2.05) is 54.6 Å². The molecule has 3 heteroatoms. The Labute approximate surface area is 119 Å². The van der Waals surface area contributed by atoms with Gasteiger partial charge in [0, 0.05) is 12.1 Å². The monoisotopic (exact) mass is 269 g/mol. The van der Waals surface area contributed by atoms with Gasteiger partial charge in [0.25, 0.3) is 5.91 Å². The molecular formula is C17H19NO2. The number of rotatable bonds is 5. The largest absolute Gasteiger partial charge is 0.392 e. The normalized spacial score (nSPS) is 11.9. The Morgan fingerprint density at radius 3 is 2.45 bits per heavy atom. The minimum Gasteiger partial charge on any atom is -0.392 e. The average Bonchev–Trinajstić information content (AvgIpc) is 2.46. The van der Waals surface area contributed by atoms with Gasteiger partial charge >= 0.3 is 0 Å². The predicted octanol–water partition coefficient (Wildman–Crippen LogP) is 2.39. The molecular weight excluding hydrogens is 250 g/mol. The maximum Gasteiger partial charge on any atom is 0.251 e. The van der Waals surface area contributed by atoms with Crippen LogP contribution in [0.5, 0.6) is 0 Å². The Morgan fingerprint density at radius 2 is 1.75 bits per heavy atom. The Balaban J connectivity index is 2.16. The van der Waals surface area contributed by atoms with Crippen LogP contribution in [0.3, 0.4) is 0 Å². The first kappa shape index (κ1) is 14.3. The van der Waals surface area contributed by atoms with Gasteiger partial charge in [0.15, 0.2) is 0 Å². The van der Waals surface area contributed by atoms with Crippen LogP contribution in [0.2, 0.25) is 0 Å². The zero-order valence-corrected chi connectivity index (χ0v) is 11.5. The number of aliphatic hydroxyl groups is 1. The minimum absolute atomic E-state index is 0.141. The number of hydrogen-bond acceptors (Lipinski definition) is 2. The molecule has 0 saturated carbocycles. The third-order valence-electron chi connectivity index (χ3n) is 3.06. The van der Waals surface area contributed by atoms with Gasteiger partial charge in [-0.05, 0) is 30.5 Å². The maximum atomic E-state index is 12.1. The lowest BCUT2D eigenvalue weighted by Crippen LogP contribution is -2.31. The highest BCUT2D eigenvalue weighted by Gasteiger charge is 2.11. The summed E-state index contributed by atoms with van der Waals surface area (Å²) in [7, 11) is 0. The quantitative estimate of drug-likeness (QED) is 0.875. The van der Waals surface area contributed by atoms with E-state index in [0.29, 0.717) is 5.56 Å². The molecule has 0 aliphatic rings. The molecule has 20 heavy (non-hydrogen) atoms. The van der Waals surface area contributed by atoms with Gasteiger partial charge < -0.3 is 10.4 Å². The van der Waals surface area contributed by atoms with E-state index in [0.717, 1.165) is 12.0 Å². The Hall–Kier alpha value is -2.13. The lowest BCUT2D eigenvalue weighted by molar-refractivity contribution is 0.0923. The first-order chi connectivity index (χ1) is 9.66. The zero-order chi connectivity index (χ0) is 14.4. The summed E-state index contributed by atoms with van der Waals surface area (Å²) < 4.78 is 0. The van der Waals surface area contributed by atoms with Gasteiger partial charge in [-0.1, -0.05) is 48.5 Å². The Bertz CT molecular complexity index is 564. The van der Waals surface area contributed by atoms with Crippen LogP contribution in [0.15, 0.2) is 54.6 Å². The van der Waals surface area contributed by atoms with Crippen LogP contribution in [-0.4, -0.2) is 23.7 Å². The van der Waals surface area contributed by atoms with Gasteiger partial charge in [-0.25, -0.2) is 0 Å². The fourth-order valence-electron chi connectivity index (χ4n) is 2.05. The number of carbonyl (C=O) groups excluding carboxylic acids is 1. The standard InChI is InChI=1S/C17H19NO2/c1-13(19)12-18-17(20)16-10-6-5-9-15(16)11-14-7-3-2-4-8-14/h2-10,13,19H,11-12H2,1H3,(H,18,20)/t13-/m1/s1. The van der Waals surface area contributed by atoms with Crippen molar-refractivity contribution in [3.63, 3.8) is 0 Å². The maximum absolute atomic E-state index is 12.1. The molecule has 0 aliphatic carbocycles. The first-order valence-corrected chi connectivity index (χ1v) is 6.75. The first-order valence-electron chi connectivity index (χ1n) is 6.75. The summed E-state index contributed by atoms with van der Waals surface area (Å²) in [5, 5.41) is 12.0. The van der Waals surface area contributed by atoms with Crippen LogP contribution in [-0.2, 0) is 6.42 Å². The second-order valence-corrected chi connectivity index (χ2v) is 4.88. The fourth-order valence-corrected chi connectivity index (χ4v) is 2.05. The van der Waals surface area contributed by atoms with E-state index in [2.05, 4.69) is 5.32 Å². The number of amides is 1. The number of benzene rings is 2. The smallest absolute Gasteiger partial charge is 0.251 e. The topological polar surface area (TPSA) is 49.3 Å². The second kappa shape index (κ2) is 6.87. The summed E-state index contributed by atoms with van der Waals surface area (Å²) in [6, 6.07) is 17.6. The molecule has 0 heterocycles. The van der Waals surface area contributed by atoms with Gasteiger partial charge in [-0.3, -0.25) is 4.79 Å². The van der Waals surface area contributed by atoms with Crippen LogP contribution in [0, 0.1) is 0 Å². The van der Waals surface area contributed by atoms with Crippen molar-refractivity contribution < 1.29 is 9.90 Å². The number of nitrogens with one attached hydrogen (secondary N) is 1. The van der Waals surface area contributed by atoms with Gasteiger partial charge in [0.05, 0.1) is 6.10 Å². The van der Waals surface area contributed by atoms with E-state index >= 15 is 0 Å². The zero-order valence-electron chi connectivity index (χ0n) is 11.5. The van der Waals surface area contributed by atoms with Crippen LogP contribution < -0.4 is 5.32 Å². The predicted molar refractivity (Wildman–Crippen MR) is 79.7 cm³/mol. The van der Waals surface area contributed by atoms with Crippen molar-refractivity contribution in [2.24, 2.45) is 0 Å². The third-order valence-corrected chi connectivity index (χ3v) is 3.06. The SMILES string of the molecule is C[C@@H](O)CNC(=O)c1ccccc1Cc1ccccc1. The van der Waals surface area contributed by atoms with E-state index in [9.17, 15) is 9.90 Å². The second-order valence-electron chi connectivity index (χ2n) is 4.88. The highest BCUT2D eigenvalue weighted by Crippen LogP contribution is 2.14. The summed E-state index contributed by atoms with van der Waals surface area (Å²) in [6.07, 6.45) is 0.180. The van der Waals surface area contributed by atoms with Crippen LogP contribution >= 0.6 is 0 Å². The molecule has 0 aliphatic heterocycles. The van der Waals surface area contributed by atoms with Gasteiger partial charge in [0.1, 0.15) is 0 Å². The molecule has 0 fully saturated rings. The summed E-state index contributed by atoms with van der Waals surface area (Å²) in [4.78, 5) is 12.1. The third kappa shape index (κ3) is 3.93. The van der Waals surface area contributed by atoms with Crippen LogP contribution in [0.25, 0.3) is 0 Å². The number of aliphatic hydroxyl groups excluding tert-OH is 1. The van der Waals surface area contributed by atoms with Crippen molar-refractivity contribution in [2.45, 2.75) is 19.4 Å². The molecule has 2 rings (SSSR count). The van der Waals surface area contributed by atoms with Gasteiger partial charge in [-0.2, -0.15) is 0 Å². The van der Waals surface area contributed by atoms with E-state index in [-0.39, 0.29) is 12.5 Å². The molecule has 0 aromatic heterocycles. The summed E-state index contributed by atoms with van der Waals surface area (Å²) in [5.41, 5.74) is 2.82. The van der Waals surface area contributed by atoms with Crippen molar-refractivity contribution in [1.29, 1.82) is 0 Å². The van der Waals surface area contributed by atoms with Crippen molar-refractivity contribution in [1.82, 2.24) is 5.32 Å². The van der Waals surface area contributed by atoms with Crippen molar-refractivity contribution in [3.05, 3.63) is 71.3 Å². The molecule has 0 spiro atoms. The number of carbonyl (C=O) groups is 1. The molecule has 2 aromatic carbocycles. The summed E-state index contributed by atoms with van der Waals surface area (Å²) in [6.45, 7) is 1.91. The van der Waals surface area contributed by atoms with E-state index < -0.39 is 6.10 Å². The average molecular weight is 269 g/mol. The van der Waals surface area contributed by atoms with Gasteiger partial charge in [0.2, 0.25) is 0 Å². The minimum atomic E-state index is -0.541. The lowest BCUT2D eigenvalue weighted by Gasteiger charge is -2.11. The van der Waals surface area contributed by atoms with E-state index in [1.165, 1.54) is 5.56 Å². The molecule has 2 aromatic rings. The fraction of sp³-hybridized carbons (Fsp3) is 0.235. The highest BCUT2D eigenvalue weighted by molar-refractivity contribution is 5.95. The molecule has 2 N–H and O–H groups in total.